The Morgan fingerprint density at radius 2 is 2.10 bits per heavy atom. The maximum atomic E-state index is 11.8. The number of amides is 1. The largest absolute Gasteiger partial charge is 0.469 e. The smallest absolute Gasteiger partial charge is 0.307 e. The molecule has 0 spiro atoms. The van der Waals surface area contributed by atoms with E-state index in [4.69, 9.17) is 0 Å². The van der Waals surface area contributed by atoms with Crippen molar-refractivity contribution in [3.05, 3.63) is 27.9 Å². The van der Waals surface area contributed by atoms with Gasteiger partial charge in [0, 0.05) is 25.6 Å². The van der Waals surface area contributed by atoms with Gasteiger partial charge in [-0.15, -0.1) is 0 Å². The maximum absolute atomic E-state index is 11.8. The zero-order chi connectivity index (χ0) is 15.4. The molecule has 1 amide bonds. The van der Waals surface area contributed by atoms with Gasteiger partial charge in [0.15, 0.2) is 0 Å². The Hall–Kier alpha value is -2.15. The number of methoxy groups -OCH3 is 1. The highest BCUT2D eigenvalue weighted by atomic mass is 32.1. The fourth-order valence-electron chi connectivity index (χ4n) is 1.93. The number of thiazole rings is 1. The van der Waals surface area contributed by atoms with Gasteiger partial charge >= 0.3 is 10.8 Å². The Morgan fingerprint density at radius 1 is 1.33 bits per heavy atom. The molecular weight excluding hydrogens is 292 g/mol. The predicted molar refractivity (Wildman–Crippen MR) is 81.6 cm³/mol. The Morgan fingerprint density at radius 3 is 2.81 bits per heavy atom. The number of rotatable bonds is 5. The van der Waals surface area contributed by atoms with E-state index in [2.05, 4.69) is 10.1 Å². The van der Waals surface area contributed by atoms with E-state index in [0.717, 1.165) is 21.6 Å². The molecule has 0 saturated carbocycles. The third kappa shape index (κ3) is 3.69. The van der Waals surface area contributed by atoms with Crippen LogP contribution in [0.5, 0.6) is 0 Å². The number of aromatic nitrogens is 1. The molecule has 0 aliphatic rings. The molecule has 0 aliphatic carbocycles. The number of benzene rings is 1. The predicted octanol–water partition coefficient (Wildman–Crippen LogP) is 1.88. The van der Waals surface area contributed by atoms with Gasteiger partial charge in [-0.05, 0) is 24.6 Å². The highest BCUT2D eigenvalue weighted by molar-refractivity contribution is 7.16. The number of ether oxygens (including phenoxy) is 1. The lowest BCUT2D eigenvalue weighted by Crippen LogP contribution is -2.12. The van der Waals surface area contributed by atoms with Crippen molar-refractivity contribution in [3.8, 4) is 0 Å². The van der Waals surface area contributed by atoms with E-state index < -0.39 is 0 Å². The minimum Gasteiger partial charge on any atom is -0.469 e. The number of aryl methyl sites for hydroxylation is 1. The molecule has 1 heterocycles. The molecule has 6 nitrogen and oxygen atoms in total. The first-order chi connectivity index (χ1) is 10.0. The number of hydrogen-bond acceptors (Lipinski definition) is 5. The number of anilines is 1. The number of esters is 1. The van der Waals surface area contributed by atoms with Crippen molar-refractivity contribution in [2.45, 2.75) is 19.3 Å². The van der Waals surface area contributed by atoms with Crippen LogP contribution in [0, 0.1) is 0 Å². The molecule has 1 N–H and O–H groups in total. The topological polar surface area (TPSA) is 77.4 Å². The second-order valence-electron chi connectivity index (χ2n) is 4.59. The van der Waals surface area contributed by atoms with Crippen LogP contribution in [0.2, 0.25) is 0 Å². The van der Waals surface area contributed by atoms with Gasteiger partial charge in [0.05, 0.1) is 17.3 Å². The normalized spacial score (nSPS) is 10.6. The number of hydrogen-bond donors (Lipinski definition) is 1. The Kier molecular flexibility index (Phi) is 4.74. The lowest BCUT2D eigenvalue weighted by Gasteiger charge is -2.05. The quantitative estimate of drug-likeness (QED) is 0.856. The van der Waals surface area contributed by atoms with Crippen LogP contribution >= 0.6 is 11.3 Å². The van der Waals surface area contributed by atoms with Crippen LogP contribution in [0.1, 0.15) is 19.3 Å². The minimum absolute atomic E-state index is 0.0356. The van der Waals surface area contributed by atoms with Crippen LogP contribution < -0.4 is 10.2 Å². The summed E-state index contributed by atoms with van der Waals surface area (Å²) in [6.45, 7) is 0. The summed E-state index contributed by atoms with van der Waals surface area (Å²) in [6, 6.07) is 5.34. The minimum atomic E-state index is -0.321. The first-order valence-corrected chi connectivity index (χ1v) is 7.29. The summed E-state index contributed by atoms with van der Waals surface area (Å²) in [6.07, 6.45) is 0.917. The second kappa shape index (κ2) is 6.53. The highest BCUT2D eigenvalue weighted by Gasteiger charge is 2.08. The zero-order valence-corrected chi connectivity index (χ0v) is 12.7. The Labute approximate surface area is 125 Å². The molecule has 0 radical (unpaired) electrons. The first kappa shape index (κ1) is 15.2. The van der Waals surface area contributed by atoms with Crippen LogP contribution in [0.25, 0.3) is 10.2 Å². The molecule has 0 atom stereocenters. The molecule has 0 bridgehead atoms. The second-order valence-corrected chi connectivity index (χ2v) is 5.58. The number of fused-ring (bicyclic) bond motifs is 1. The highest BCUT2D eigenvalue weighted by Crippen LogP contribution is 2.21. The zero-order valence-electron chi connectivity index (χ0n) is 11.8. The van der Waals surface area contributed by atoms with E-state index in [1.54, 1.807) is 29.8 Å². The number of nitrogens with zero attached hydrogens (tertiary/aromatic N) is 1. The van der Waals surface area contributed by atoms with Crippen molar-refractivity contribution >= 4 is 39.1 Å². The Balaban J connectivity index is 1.98. The molecule has 0 saturated heterocycles. The molecule has 0 aliphatic heterocycles. The van der Waals surface area contributed by atoms with E-state index >= 15 is 0 Å². The lowest BCUT2D eigenvalue weighted by molar-refractivity contribution is -0.140. The third-order valence-electron chi connectivity index (χ3n) is 3.09. The van der Waals surface area contributed by atoms with Gasteiger partial charge in [0.25, 0.3) is 0 Å². The number of nitrogens with one attached hydrogen (secondary N) is 1. The van der Waals surface area contributed by atoms with Crippen LogP contribution in [0.3, 0.4) is 0 Å². The van der Waals surface area contributed by atoms with E-state index in [-0.39, 0.29) is 29.6 Å². The van der Waals surface area contributed by atoms with Crippen molar-refractivity contribution < 1.29 is 14.3 Å². The number of carbonyl (C=O) groups excluding carboxylic acids is 2. The third-order valence-corrected chi connectivity index (χ3v) is 4.08. The monoisotopic (exact) mass is 308 g/mol. The van der Waals surface area contributed by atoms with Crippen molar-refractivity contribution in [2.24, 2.45) is 7.05 Å². The molecular formula is C14H16N2O4S. The van der Waals surface area contributed by atoms with Gasteiger partial charge in [-0.1, -0.05) is 11.3 Å². The molecule has 1 aromatic carbocycles. The maximum Gasteiger partial charge on any atom is 0.307 e. The van der Waals surface area contributed by atoms with E-state index in [1.165, 1.54) is 7.11 Å². The average Bonchev–Trinajstić information content (AvgIpc) is 2.73. The summed E-state index contributed by atoms with van der Waals surface area (Å²) >= 11 is 1.14. The van der Waals surface area contributed by atoms with Gasteiger partial charge in [-0.25, -0.2) is 0 Å². The van der Waals surface area contributed by atoms with Crippen molar-refractivity contribution in [1.82, 2.24) is 4.57 Å². The van der Waals surface area contributed by atoms with Crippen LogP contribution in [-0.2, 0) is 21.4 Å². The average molecular weight is 308 g/mol. The molecule has 1 aromatic heterocycles. The van der Waals surface area contributed by atoms with Crippen LogP contribution in [0.4, 0.5) is 5.69 Å². The van der Waals surface area contributed by atoms with E-state index in [0.29, 0.717) is 12.1 Å². The van der Waals surface area contributed by atoms with Gasteiger partial charge in [0.2, 0.25) is 5.91 Å². The van der Waals surface area contributed by atoms with Crippen molar-refractivity contribution in [3.63, 3.8) is 0 Å². The molecule has 0 unspecified atom stereocenters. The molecule has 7 heteroatoms. The van der Waals surface area contributed by atoms with E-state index in [9.17, 15) is 14.4 Å². The van der Waals surface area contributed by atoms with Crippen molar-refractivity contribution in [2.75, 3.05) is 12.4 Å². The van der Waals surface area contributed by atoms with Gasteiger partial charge < -0.3 is 14.6 Å². The van der Waals surface area contributed by atoms with Gasteiger partial charge in [-0.2, -0.15) is 0 Å². The standard InChI is InChI=1S/C14H16N2O4S/c1-16-10-7-6-9(8-11(10)21-14(16)19)15-12(17)4-3-5-13(18)20-2/h6-8H,3-5H2,1-2H3,(H,15,17). The fourth-order valence-corrected chi connectivity index (χ4v) is 2.85. The summed E-state index contributed by atoms with van der Waals surface area (Å²) < 4.78 is 6.91. The number of carbonyl (C=O) groups is 2. The lowest BCUT2D eigenvalue weighted by atomic mass is 10.2. The molecule has 21 heavy (non-hydrogen) atoms. The summed E-state index contributed by atoms with van der Waals surface area (Å²) in [5.41, 5.74) is 1.49. The van der Waals surface area contributed by atoms with E-state index in [1.807, 2.05) is 0 Å². The first-order valence-electron chi connectivity index (χ1n) is 6.47. The fraction of sp³-hybridized carbons (Fsp3) is 0.357. The summed E-state index contributed by atoms with van der Waals surface area (Å²) in [4.78, 5) is 34.2. The SMILES string of the molecule is COC(=O)CCCC(=O)Nc1ccc2c(c1)sc(=O)n2C. The Bertz CT molecular complexity index is 732. The summed E-state index contributed by atoms with van der Waals surface area (Å²) in [5, 5.41) is 2.76. The van der Waals surface area contributed by atoms with Crippen LogP contribution in [0.15, 0.2) is 23.0 Å². The molecule has 2 rings (SSSR count). The van der Waals surface area contributed by atoms with Gasteiger partial charge in [-0.3, -0.25) is 14.4 Å². The molecule has 112 valence electrons. The van der Waals surface area contributed by atoms with Crippen molar-refractivity contribution in [1.29, 1.82) is 0 Å². The van der Waals surface area contributed by atoms with Crippen LogP contribution in [-0.4, -0.2) is 23.6 Å². The summed E-state index contributed by atoms with van der Waals surface area (Å²) in [5.74, 6) is -0.486. The molecule has 0 fully saturated rings. The molecule has 2 aromatic rings. The van der Waals surface area contributed by atoms with Gasteiger partial charge in [0.1, 0.15) is 0 Å². The summed E-state index contributed by atoms with van der Waals surface area (Å²) in [7, 11) is 3.04.